The van der Waals surface area contributed by atoms with Crippen LogP contribution in [0.2, 0.25) is 0 Å². The van der Waals surface area contributed by atoms with E-state index in [2.05, 4.69) is 11.8 Å². The fourth-order valence-corrected chi connectivity index (χ4v) is 4.52. The molecule has 156 valence electrons. The van der Waals surface area contributed by atoms with Crippen LogP contribution in [0.3, 0.4) is 0 Å². The van der Waals surface area contributed by atoms with Gasteiger partial charge in [-0.15, -0.1) is 11.8 Å². The van der Waals surface area contributed by atoms with Crippen LogP contribution in [-0.4, -0.2) is 60.2 Å². The van der Waals surface area contributed by atoms with E-state index in [9.17, 15) is 14.0 Å². The molecule has 0 N–H and O–H groups in total. The molecule has 0 spiro atoms. The van der Waals surface area contributed by atoms with Crippen molar-refractivity contribution in [3.8, 4) is 0 Å². The predicted molar refractivity (Wildman–Crippen MR) is 111 cm³/mol. The minimum absolute atomic E-state index is 0.0549. The molecule has 1 aromatic carbocycles. The maximum absolute atomic E-state index is 13.2. The number of thioether (sulfide) groups is 1. The molecule has 28 heavy (non-hydrogen) atoms. The molecule has 0 unspecified atom stereocenters. The lowest BCUT2D eigenvalue weighted by Gasteiger charge is -2.28. The van der Waals surface area contributed by atoms with Gasteiger partial charge in [0.15, 0.2) is 0 Å². The van der Waals surface area contributed by atoms with Gasteiger partial charge in [-0.3, -0.25) is 14.5 Å². The summed E-state index contributed by atoms with van der Waals surface area (Å²) < 4.78 is 18.2. The quantitative estimate of drug-likeness (QED) is 0.519. The van der Waals surface area contributed by atoms with Gasteiger partial charge in [0.1, 0.15) is 11.2 Å². The van der Waals surface area contributed by atoms with Gasteiger partial charge >= 0.3 is 5.97 Å². The molecule has 1 aromatic rings. The Morgan fingerprint density at radius 3 is 2.61 bits per heavy atom. The summed E-state index contributed by atoms with van der Waals surface area (Å²) >= 11 is 1.71. The lowest BCUT2D eigenvalue weighted by atomic mass is 10.2. The van der Waals surface area contributed by atoms with Crippen molar-refractivity contribution in [3.05, 3.63) is 35.6 Å². The van der Waals surface area contributed by atoms with E-state index in [0.29, 0.717) is 39.1 Å². The first-order valence-electron chi connectivity index (χ1n) is 10.1. The van der Waals surface area contributed by atoms with Gasteiger partial charge in [-0.2, -0.15) is 0 Å². The normalized spacial score (nSPS) is 16.6. The van der Waals surface area contributed by atoms with Gasteiger partial charge < -0.3 is 9.64 Å². The van der Waals surface area contributed by atoms with Gasteiger partial charge in [0, 0.05) is 18.7 Å². The third-order valence-corrected chi connectivity index (χ3v) is 5.97. The summed E-state index contributed by atoms with van der Waals surface area (Å²) in [4.78, 5) is 28.5. The van der Waals surface area contributed by atoms with Crippen LogP contribution in [0.1, 0.15) is 50.5 Å². The molecule has 0 radical (unpaired) electrons. The zero-order valence-corrected chi connectivity index (χ0v) is 17.7. The van der Waals surface area contributed by atoms with Crippen molar-refractivity contribution in [3.63, 3.8) is 0 Å². The number of unbranched alkanes of at least 4 members (excludes halogenated alkanes) is 1. The number of hydrogen-bond donors (Lipinski definition) is 0. The van der Waals surface area contributed by atoms with E-state index in [0.717, 1.165) is 30.7 Å². The van der Waals surface area contributed by atoms with Gasteiger partial charge in [-0.05, 0) is 50.6 Å². The Kier molecular flexibility index (Phi) is 9.78. The number of ether oxygens (including phenoxy) is 1. The first-order valence-corrected chi connectivity index (χ1v) is 11.1. The molecule has 0 aromatic heterocycles. The Bertz CT molecular complexity index is 627. The van der Waals surface area contributed by atoms with Gasteiger partial charge in [0.25, 0.3) is 0 Å². The van der Waals surface area contributed by atoms with E-state index in [1.54, 1.807) is 30.8 Å². The molecule has 5 nitrogen and oxygen atoms in total. The number of benzene rings is 1. The zero-order valence-electron chi connectivity index (χ0n) is 16.9. The maximum atomic E-state index is 13.2. The average molecular weight is 411 g/mol. The van der Waals surface area contributed by atoms with E-state index < -0.39 is 0 Å². The largest absolute Gasteiger partial charge is 0.466 e. The highest BCUT2D eigenvalue weighted by atomic mass is 32.2. The van der Waals surface area contributed by atoms with E-state index in [-0.39, 0.29) is 23.1 Å². The molecule has 1 saturated heterocycles. The van der Waals surface area contributed by atoms with Crippen molar-refractivity contribution in [2.45, 2.75) is 44.9 Å². The summed E-state index contributed by atoms with van der Waals surface area (Å²) in [5, 5.41) is -0.0549. The Morgan fingerprint density at radius 2 is 1.93 bits per heavy atom. The molecule has 1 amide bonds. The molecule has 0 bridgehead atoms. The Hall–Kier alpha value is -1.60. The Balaban J connectivity index is 1.92. The van der Waals surface area contributed by atoms with Crippen LogP contribution in [0, 0.1) is 5.82 Å². The molecule has 1 aliphatic heterocycles. The molecular formula is C21H31FN2O3S. The Labute approximate surface area is 171 Å². The number of carbonyl (C=O) groups excluding carboxylic acids is 2. The van der Waals surface area contributed by atoms with Crippen molar-refractivity contribution in [2.24, 2.45) is 0 Å². The number of nitrogens with zero attached hydrogens (tertiary/aromatic N) is 2. The van der Waals surface area contributed by atoms with E-state index >= 15 is 0 Å². The topological polar surface area (TPSA) is 49.9 Å². The summed E-state index contributed by atoms with van der Waals surface area (Å²) in [6.45, 7) is 6.92. The zero-order chi connectivity index (χ0) is 20.4. The third kappa shape index (κ3) is 7.09. The minimum atomic E-state index is -0.267. The van der Waals surface area contributed by atoms with Crippen LogP contribution >= 0.6 is 11.8 Å². The van der Waals surface area contributed by atoms with E-state index in [4.69, 9.17) is 4.74 Å². The van der Waals surface area contributed by atoms with E-state index in [1.807, 2.05) is 4.90 Å². The Morgan fingerprint density at radius 1 is 1.21 bits per heavy atom. The van der Waals surface area contributed by atoms with Gasteiger partial charge in [-0.25, -0.2) is 4.39 Å². The lowest BCUT2D eigenvalue weighted by molar-refractivity contribution is -0.143. The predicted octanol–water partition coefficient (Wildman–Crippen LogP) is 3.85. The second-order valence-corrected chi connectivity index (χ2v) is 8.09. The molecule has 0 aliphatic carbocycles. The third-order valence-electron chi connectivity index (χ3n) is 4.71. The van der Waals surface area contributed by atoms with Crippen molar-refractivity contribution in [1.82, 2.24) is 9.80 Å². The summed E-state index contributed by atoms with van der Waals surface area (Å²) in [7, 11) is 0. The highest BCUT2D eigenvalue weighted by Crippen LogP contribution is 2.37. The monoisotopic (exact) mass is 410 g/mol. The molecule has 2 rings (SSSR count). The standard InChI is InChI=1S/C21H31FN2O3S/c1-3-5-12-23(13-6-7-20(26)27-4-2)16-19(25)24-14-15-28-21(24)17-8-10-18(22)11-9-17/h8-11,21H,3-7,12-16H2,1-2H3/t21-/m0/s1. The van der Waals surface area contributed by atoms with E-state index in [1.165, 1.54) is 12.1 Å². The molecule has 7 heteroatoms. The molecular weight excluding hydrogens is 379 g/mol. The van der Waals surface area contributed by atoms with Gasteiger partial charge in [-0.1, -0.05) is 25.5 Å². The highest BCUT2D eigenvalue weighted by Gasteiger charge is 2.31. The van der Waals surface area contributed by atoms with Crippen molar-refractivity contribution >= 4 is 23.6 Å². The van der Waals surface area contributed by atoms with Crippen LogP contribution in [0.4, 0.5) is 4.39 Å². The summed E-state index contributed by atoms with van der Waals surface area (Å²) in [5.74, 6) is 0.520. The summed E-state index contributed by atoms with van der Waals surface area (Å²) in [5.41, 5.74) is 0.958. The smallest absolute Gasteiger partial charge is 0.305 e. The molecule has 1 heterocycles. The number of halogens is 1. The van der Waals surface area contributed by atoms with Crippen LogP contribution in [0.15, 0.2) is 24.3 Å². The fraction of sp³-hybridized carbons (Fsp3) is 0.619. The first kappa shape index (κ1) is 22.7. The number of rotatable bonds is 11. The molecule has 1 fully saturated rings. The van der Waals surface area contributed by atoms with Crippen LogP contribution in [0.25, 0.3) is 0 Å². The van der Waals surface area contributed by atoms with Crippen molar-refractivity contribution in [2.75, 3.05) is 38.5 Å². The second-order valence-electron chi connectivity index (χ2n) is 6.90. The summed E-state index contributed by atoms with van der Waals surface area (Å²) in [6.07, 6.45) is 3.14. The van der Waals surface area contributed by atoms with Gasteiger partial charge in [0.2, 0.25) is 5.91 Å². The lowest BCUT2D eigenvalue weighted by Crippen LogP contribution is -2.41. The average Bonchev–Trinajstić information content (AvgIpc) is 3.16. The highest BCUT2D eigenvalue weighted by molar-refractivity contribution is 7.99. The molecule has 1 atom stereocenters. The number of esters is 1. The van der Waals surface area contributed by atoms with Crippen LogP contribution < -0.4 is 0 Å². The minimum Gasteiger partial charge on any atom is -0.466 e. The first-order chi connectivity index (χ1) is 13.5. The molecule has 0 saturated carbocycles. The SMILES string of the molecule is CCCCN(CCCC(=O)OCC)CC(=O)N1CCS[C@H]1c1ccc(F)cc1. The number of carbonyl (C=O) groups is 2. The number of amides is 1. The van der Waals surface area contributed by atoms with Crippen LogP contribution in [0.5, 0.6) is 0 Å². The molecule has 1 aliphatic rings. The van der Waals surface area contributed by atoms with Crippen LogP contribution in [-0.2, 0) is 14.3 Å². The van der Waals surface area contributed by atoms with Crippen molar-refractivity contribution in [1.29, 1.82) is 0 Å². The number of hydrogen-bond acceptors (Lipinski definition) is 5. The van der Waals surface area contributed by atoms with Crippen molar-refractivity contribution < 1.29 is 18.7 Å². The summed E-state index contributed by atoms with van der Waals surface area (Å²) in [6, 6.07) is 6.40. The maximum Gasteiger partial charge on any atom is 0.305 e. The van der Waals surface area contributed by atoms with Gasteiger partial charge in [0.05, 0.1) is 13.2 Å². The fourth-order valence-electron chi connectivity index (χ4n) is 3.24. The second kappa shape index (κ2) is 12.1.